The van der Waals surface area contributed by atoms with Gasteiger partial charge in [0.15, 0.2) is 6.39 Å². The van der Waals surface area contributed by atoms with Crippen LogP contribution in [0.25, 0.3) is 11.3 Å². The molecule has 168 valence electrons. The monoisotopic (exact) mass is 443 g/mol. The molecule has 0 aliphatic carbocycles. The zero-order valence-electron chi connectivity index (χ0n) is 18.5. The molecular formula is C27H25NO5. The fraction of sp³-hybridized carbons (Fsp3) is 0.185. The molecule has 0 fully saturated rings. The summed E-state index contributed by atoms with van der Waals surface area (Å²) in [4.78, 5) is 15.9. The van der Waals surface area contributed by atoms with Crippen molar-refractivity contribution in [1.82, 2.24) is 4.98 Å². The molecule has 0 amide bonds. The first-order valence-electron chi connectivity index (χ1n) is 10.7. The third kappa shape index (κ3) is 5.23. The molecule has 0 saturated carbocycles. The number of hydrogen-bond donors (Lipinski definition) is 1. The summed E-state index contributed by atoms with van der Waals surface area (Å²) in [6, 6.07) is 23.4. The van der Waals surface area contributed by atoms with Crippen LogP contribution in [-0.4, -0.2) is 16.1 Å². The van der Waals surface area contributed by atoms with Crippen LogP contribution in [0.4, 0.5) is 0 Å². The van der Waals surface area contributed by atoms with Crippen LogP contribution in [-0.2, 0) is 13.2 Å². The van der Waals surface area contributed by atoms with Gasteiger partial charge in [0, 0.05) is 11.6 Å². The van der Waals surface area contributed by atoms with Crippen LogP contribution in [0.15, 0.2) is 83.6 Å². The average molecular weight is 443 g/mol. The van der Waals surface area contributed by atoms with E-state index in [0.29, 0.717) is 30.3 Å². The summed E-state index contributed by atoms with van der Waals surface area (Å²) in [5, 5.41) is 9.56. The van der Waals surface area contributed by atoms with Crippen molar-refractivity contribution in [3.05, 3.63) is 102 Å². The standard InChI is InChI=1S/C27H25NO5/c1-18(2)21-13-22(25-26(27(29)30)33-17-28-25)24(32-16-20-11-7-4-8-12-20)14-23(21)31-15-19-9-5-3-6-10-19/h3-14,17-18H,15-16H2,1-2H3,(H,29,30). The molecule has 3 aromatic carbocycles. The van der Waals surface area contributed by atoms with Crippen molar-refractivity contribution in [3.8, 4) is 22.8 Å². The highest BCUT2D eigenvalue weighted by Gasteiger charge is 2.24. The Bertz CT molecular complexity index is 1220. The Labute approximate surface area is 192 Å². The first kappa shape index (κ1) is 22.1. The molecule has 6 nitrogen and oxygen atoms in total. The minimum Gasteiger partial charge on any atom is -0.488 e. The summed E-state index contributed by atoms with van der Waals surface area (Å²) in [6.45, 7) is 4.83. The fourth-order valence-electron chi connectivity index (χ4n) is 3.52. The van der Waals surface area contributed by atoms with Crippen molar-refractivity contribution in [2.45, 2.75) is 33.0 Å². The van der Waals surface area contributed by atoms with Crippen LogP contribution >= 0.6 is 0 Å². The third-order valence-electron chi connectivity index (χ3n) is 5.23. The van der Waals surface area contributed by atoms with Gasteiger partial charge in [0.2, 0.25) is 5.76 Å². The SMILES string of the molecule is CC(C)c1cc(-c2ncoc2C(=O)O)c(OCc2ccccc2)cc1OCc1ccccc1. The summed E-state index contributed by atoms with van der Waals surface area (Å²) >= 11 is 0. The predicted octanol–water partition coefficient (Wildman–Crippen LogP) is 6.32. The summed E-state index contributed by atoms with van der Waals surface area (Å²) in [6.07, 6.45) is 1.13. The minimum absolute atomic E-state index is 0.123. The van der Waals surface area contributed by atoms with Gasteiger partial charge in [-0.15, -0.1) is 0 Å². The van der Waals surface area contributed by atoms with Gasteiger partial charge in [0.25, 0.3) is 0 Å². The molecule has 0 saturated heterocycles. The number of oxazole rings is 1. The molecule has 1 N–H and O–H groups in total. The Hall–Kier alpha value is -4.06. The van der Waals surface area contributed by atoms with Gasteiger partial charge in [-0.05, 0) is 28.7 Å². The molecule has 4 rings (SSSR count). The van der Waals surface area contributed by atoms with Crippen molar-refractivity contribution in [3.63, 3.8) is 0 Å². The molecule has 33 heavy (non-hydrogen) atoms. The smallest absolute Gasteiger partial charge is 0.374 e. The van der Waals surface area contributed by atoms with Gasteiger partial charge in [-0.3, -0.25) is 0 Å². The predicted molar refractivity (Wildman–Crippen MR) is 125 cm³/mol. The average Bonchev–Trinajstić information content (AvgIpc) is 3.32. The second-order valence-corrected chi connectivity index (χ2v) is 7.92. The van der Waals surface area contributed by atoms with Crippen LogP contribution in [0.1, 0.15) is 47.0 Å². The van der Waals surface area contributed by atoms with Crippen LogP contribution in [0.5, 0.6) is 11.5 Å². The van der Waals surface area contributed by atoms with E-state index in [-0.39, 0.29) is 17.4 Å². The highest BCUT2D eigenvalue weighted by molar-refractivity contribution is 5.93. The topological polar surface area (TPSA) is 81.8 Å². The van der Waals surface area contributed by atoms with E-state index < -0.39 is 5.97 Å². The van der Waals surface area contributed by atoms with Gasteiger partial charge in [-0.25, -0.2) is 9.78 Å². The maximum absolute atomic E-state index is 11.7. The lowest BCUT2D eigenvalue weighted by molar-refractivity contribution is 0.0663. The quantitative estimate of drug-likeness (QED) is 0.326. The van der Waals surface area contributed by atoms with Gasteiger partial charge in [-0.2, -0.15) is 0 Å². The van der Waals surface area contributed by atoms with E-state index in [2.05, 4.69) is 18.8 Å². The molecule has 0 atom stereocenters. The lowest BCUT2D eigenvalue weighted by Gasteiger charge is -2.19. The second kappa shape index (κ2) is 10.0. The molecule has 0 bridgehead atoms. The third-order valence-corrected chi connectivity index (χ3v) is 5.23. The lowest BCUT2D eigenvalue weighted by atomic mass is 9.97. The zero-order valence-corrected chi connectivity index (χ0v) is 18.5. The molecular weight excluding hydrogens is 418 g/mol. The maximum Gasteiger partial charge on any atom is 0.374 e. The number of ether oxygens (including phenoxy) is 2. The Balaban J connectivity index is 1.75. The Morgan fingerprint density at radius 2 is 1.48 bits per heavy atom. The van der Waals surface area contributed by atoms with Crippen molar-refractivity contribution < 1.29 is 23.8 Å². The van der Waals surface area contributed by atoms with Crippen LogP contribution in [0.2, 0.25) is 0 Å². The fourth-order valence-corrected chi connectivity index (χ4v) is 3.52. The van der Waals surface area contributed by atoms with E-state index in [1.54, 1.807) is 0 Å². The maximum atomic E-state index is 11.7. The Morgan fingerprint density at radius 1 is 0.909 bits per heavy atom. The molecule has 1 heterocycles. The number of carboxylic acids is 1. The molecule has 1 aromatic heterocycles. The van der Waals surface area contributed by atoms with Crippen molar-refractivity contribution in [1.29, 1.82) is 0 Å². The number of carboxylic acid groups (broad SMARTS) is 1. The number of nitrogens with zero attached hydrogens (tertiary/aromatic N) is 1. The summed E-state index contributed by atoms with van der Waals surface area (Å²) in [5.74, 6) is -0.138. The zero-order chi connectivity index (χ0) is 23.2. The van der Waals surface area contributed by atoms with Crippen LogP contribution in [0.3, 0.4) is 0 Å². The van der Waals surface area contributed by atoms with Crippen molar-refractivity contribution in [2.24, 2.45) is 0 Å². The van der Waals surface area contributed by atoms with E-state index in [9.17, 15) is 9.90 Å². The van der Waals surface area contributed by atoms with Gasteiger partial charge < -0.3 is 19.0 Å². The van der Waals surface area contributed by atoms with Gasteiger partial charge >= 0.3 is 5.97 Å². The lowest BCUT2D eigenvalue weighted by Crippen LogP contribution is -2.05. The highest BCUT2D eigenvalue weighted by Crippen LogP contribution is 2.40. The minimum atomic E-state index is -1.19. The van der Waals surface area contributed by atoms with E-state index >= 15 is 0 Å². The highest BCUT2D eigenvalue weighted by atomic mass is 16.5. The van der Waals surface area contributed by atoms with Crippen LogP contribution in [0, 0.1) is 0 Å². The second-order valence-electron chi connectivity index (χ2n) is 7.92. The molecule has 0 unspecified atom stereocenters. The number of aromatic carboxylic acids is 1. The van der Waals surface area contributed by atoms with Crippen molar-refractivity contribution >= 4 is 5.97 Å². The van der Waals surface area contributed by atoms with E-state index in [1.165, 1.54) is 0 Å². The molecule has 0 radical (unpaired) electrons. The van der Waals surface area contributed by atoms with E-state index in [0.717, 1.165) is 23.1 Å². The number of carbonyl (C=O) groups is 1. The van der Waals surface area contributed by atoms with Gasteiger partial charge in [0.05, 0.1) is 0 Å². The molecule has 0 aliphatic rings. The normalized spacial score (nSPS) is 10.9. The Morgan fingerprint density at radius 3 is 2.03 bits per heavy atom. The first-order chi connectivity index (χ1) is 16.0. The van der Waals surface area contributed by atoms with Crippen LogP contribution < -0.4 is 9.47 Å². The molecule has 4 aromatic rings. The summed E-state index contributed by atoms with van der Waals surface area (Å²) in [7, 11) is 0. The molecule has 0 aliphatic heterocycles. The van der Waals surface area contributed by atoms with E-state index in [1.807, 2.05) is 72.8 Å². The largest absolute Gasteiger partial charge is 0.488 e. The summed E-state index contributed by atoms with van der Waals surface area (Å²) < 4.78 is 17.5. The van der Waals surface area contributed by atoms with Gasteiger partial charge in [-0.1, -0.05) is 74.5 Å². The molecule has 0 spiro atoms. The first-order valence-corrected chi connectivity index (χ1v) is 10.7. The summed E-state index contributed by atoms with van der Waals surface area (Å²) in [5.41, 5.74) is 3.73. The van der Waals surface area contributed by atoms with Crippen molar-refractivity contribution in [2.75, 3.05) is 0 Å². The number of hydrogen-bond acceptors (Lipinski definition) is 5. The number of aromatic nitrogens is 1. The number of benzene rings is 3. The van der Waals surface area contributed by atoms with E-state index in [4.69, 9.17) is 13.9 Å². The van der Waals surface area contributed by atoms with Gasteiger partial charge in [0.1, 0.15) is 30.4 Å². The number of rotatable bonds is 9. The molecule has 6 heteroatoms. The Kier molecular flexibility index (Phi) is 6.74.